The Hall–Kier alpha value is -2.73. The van der Waals surface area contributed by atoms with Gasteiger partial charge in [-0.3, -0.25) is 4.79 Å². The minimum absolute atomic E-state index is 0.0718. The van der Waals surface area contributed by atoms with Crippen LogP contribution in [0.15, 0.2) is 70.3 Å². The molecule has 2 aromatic carbocycles. The third kappa shape index (κ3) is 3.21. The summed E-state index contributed by atoms with van der Waals surface area (Å²) in [5.41, 5.74) is 3.69. The van der Waals surface area contributed by atoms with E-state index in [1.807, 2.05) is 59.3 Å². The Bertz CT molecular complexity index is 1130. The number of carbonyl (C=O) groups is 1. The first-order valence-electron chi connectivity index (χ1n) is 9.72. The van der Waals surface area contributed by atoms with Crippen LogP contribution in [0, 0.1) is 5.41 Å². The maximum absolute atomic E-state index is 13.2. The fourth-order valence-corrected chi connectivity index (χ4v) is 4.54. The summed E-state index contributed by atoms with van der Waals surface area (Å²) < 4.78 is 2.87. The molecule has 0 bridgehead atoms. The minimum Gasteiger partial charge on any atom is -0.328 e. The van der Waals surface area contributed by atoms with Gasteiger partial charge in [-0.25, -0.2) is 4.68 Å². The summed E-state index contributed by atoms with van der Waals surface area (Å²) in [5.74, 6) is 1.52. The van der Waals surface area contributed by atoms with E-state index in [-0.39, 0.29) is 17.2 Å². The molecule has 0 fully saturated rings. The number of halogens is 1. The maximum atomic E-state index is 13.2. The van der Waals surface area contributed by atoms with Gasteiger partial charge < -0.3 is 5.32 Å². The molecule has 1 aliphatic heterocycles. The Morgan fingerprint density at radius 3 is 2.52 bits per heavy atom. The van der Waals surface area contributed by atoms with Crippen LogP contribution in [0.25, 0.3) is 11.4 Å². The molecule has 3 aromatic rings. The van der Waals surface area contributed by atoms with Gasteiger partial charge in [0.2, 0.25) is 5.95 Å². The minimum atomic E-state index is -0.275. The van der Waals surface area contributed by atoms with Crippen LogP contribution in [0.4, 0.5) is 5.95 Å². The standard InChI is InChI=1S/C23H21BrN4O/c1-23(2)12-17-19(18(29)13-23)20(14-8-10-16(24)11-9-14)28-22(25-17)26-21(27-28)15-6-4-3-5-7-15/h3-11,20H,12-13H2,1-2H3,(H,25,26,27). The quantitative estimate of drug-likeness (QED) is 0.572. The van der Waals surface area contributed by atoms with Crippen molar-refractivity contribution >= 4 is 27.7 Å². The number of hydrogen-bond donors (Lipinski definition) is 1. The smallest absolute Gasteiger partial charge is 0.226 e. The second-order valence-electron chi connectivity index (χ2n) is 8.48. The molecular weight excluding hydrogens is 428 g/mol. The molecule has 1 aliphatic carbocycles. The number of rotatable bonds is 2. The van der Waals surface area contributed by atoms with Crippen LogP contribution in [0.1, 0.15) is 38.3 Å². The van der Waals surface area contributed by atoms with Gasteiger partial charge in [0, 0.05) is 27.7 Å². The number of anilines is 1. The van der Waals surface area contributed by atoms with E-state index in [4.69, 9.17) is 10.1 Å². The van der Waals surface area contributed by atoms with Crippen LogP contribution in [-0.2, 0) is 4.79 Å². The van der Waals surface area contributed by atoms with Crippen molar-refractivity contribution in [3.63, 3.8) is 0 Å². The molecule has 6 heteroatoms. The Kier molecular flexibility index (Phi) is 4.21. The van der Waals surface area contributed by atoms with Crippen molar-refractivity contribution in [1.82, 2.24) is 14.8 Å². The van der Waals surface area contributed by atoms with Gasteiger partial charge in [0.05, 0.1) is 0 Å². The fraction of sp³-hybridized carbons (Fsp3) is 0.261. The molecule has 5 rings (SSSR count). The predicted molar refractivity (Wildman–Crippen MR) is 116 cm³/mol. The molecule has 0 amide bonds. The van der Waals surface area contributed by atoms with Gasteiger partial charge in [-0.05, 0) is 29.5 Å². The zero-order chi connectivity index (χ0) is 20.2. The summed E-state index contributed by atoms with van der Waals surface area (Å²) in [6.45, 7) is 4.28. The molecular formula is C23H21BrN4O. The summed E-state index contributed by atoms with van der Waals surface area (Å²) in [4.78, 5) is 18.0. The van der Waals surface area contributed by atoms with Gasteiger partial charge in [-0.15, -0.1) is 5.10 Å². The SMILES string of the molecule is CC1(C)CC(=O)C2=C(C1)Nc1nc(-c3ccccc3)nn1C2c1ccc(Br)cc1. The molecule has 5 nitrogen and oxygen atoms in total. The second-order valence-corrected chi connectivity index (χ2v) is 9.40. The molecule has 29 heavy (non-hydrogen) atoms. The highest BCUT2D eigenvalue weighted by Crippen LogP contribution is 2.45. The lowest BCUT2D eigenvalue weighted by atomic mass is 9.73. The second kappa shape index (κ2) is 6.66. The van der Waals surface area contributed by atoms with Crippen molar-refractivity contribution in [2.24, 2.45) is 5.41 Å². The van der Waals surface area contributed by atoms with Crippen molar-refractivity contribution in [3.8, 4) is 11.4 Å². The van der Waals surface area contributed by atoms with Crippen molar-refractivity contribution in [3.05, 3.63) is 75.9 Å². The molecule has 2 aliphatic rings. The average Bonchev–Trinajstić information content (AvgIpc) is 3.10. The molecule has 0 saturated heterocycles. The molecule has 1 aromatic heterocycles. The van der Waals surface area contributed by atoms with E-state index in [0.717, 1.165) is 33.3 Å². The number of benzene rings is 2. The Balaban J connectivity index is 1.69. The van der Waals surface area contributed by atoms with Crippen molar-refractivity contribution in [1.29, 1.82) is 0 Å². The summed E-state index contributed by atoms with van der Waals surface area (Å²) in [6.07, 6.45) is 1.35. The molecule has 0 saturated carbocycles. The molecule has 0 spiro atoms. The molecule has 0 radical (unpaired) electrons. The van der Waals surface area contributed by atoms with Gasteiger partial charge in [0.1, 0.15) is 6.04 Å². The van der Waals surface area contributed by atoms with Crippen molar-refractivity contribution in [2.75, 3.05) is 5.32 Å². The number of carbonyl (C=O) groups excluding carboxylic acids is 1. The first kappa shape index (κ1) is 18.3. The lowest BCUT2D eigenvalue weighted by Gasteiger charge is -2.38. The van der Waals surface area contributed by atoms with E-state index >= 15 is 0 Å². The molecule has 146 valence electrons. The maximum Gasteiger partial charge on any atom is 0.226 e. The first-order chi connectivity index (χ1) is 13.9. The normalized spacial score (nSPS) is 20.1. The molecule has 2 heterocycles. The van der Waals surface area contributed by atoms with Crippen molar-refractivity contribution < 1.29 is 4.79 Å². The molecule has 1 N–H and O–H groups in total. The Morgan fingerprint density at radius 2 is 1.79 bits per heavy atom. The van der Waals surface area contributed by atoms with E-state index in [0.29, 0.717) is 18.2 Å². The van der Waals surface area contributed by atoms with E-state index in [9.17, 15) is 4.79 Å². The van der Waals surface area contributed by atoms with Crippen LogP contribution in [0.5, 0.6) is 0 Å². The Morgan fingerprint density at radius 1 is 1.07 bits per heavy atom. The summed E-state index contributed by atoms with van der Waals surface area (Å²) >= 11 is 3.51. The number of ketones is 1. The summed E-state index contributed by atoms with van der Waals surface area (Å²) in [6, 6.07) is 17.7. The summed E-state index contributed by atoms with van der Waals surface area (Å²) in [7, 11) is 0. The van der Waals surface area contributed by atoms with Gasteiger partial charge in [0.15, 0.2) is 11.6 Å². The van der Waals surface area contributed by atoms with Gasteiger partial charge in [-0.1, -0.05) is 72.2 Å². The van der Waals surface area contributed by atoms with Crippen LogP contribution < -0.4 is 5.32 Å². The number of Topliss-reactive ketones (excluding diaryl/α,β-unsaturated/α-hetero) is 1. The highest BCUT2D eigenvalue weighted by Gasteiger charge is 2.41. The number of nitrogens with one attached hydrogen (secondary N) is 1. The molecule has 1 atom stereocenters. The number of aromatic nitrogens is 3. The third-order valence-corrected chi connectivity index (χ3v) is 6.08. The zero-order valence-corrected chi connectivity index (χ0v) is 17.9. The largest absolute Gasteiger partial charge is 0.328 e. The highest BCUT2D eigenvalue weighted by molar-refractivity contribution is 9.10. The van der Waals surface area contributed by atoms with Crippen molar-refractivity contribution in [2.45, 2.75) is 32.7 Å². The van der Waals surface area contributed by atoms with Crippen LogP contribution in [0.2, 0.25) is 0 Å². The van der Waals surface area contributed by atoms with E-state index in [1.54, 1.807) is 0 Å². The van der Waals surface area contributed by atoms with Gasteiger partial charge >= 0.3 is 0 Å². The molecule has 1 unspecified atom stereocenters. The third-order valence-electron chi connectivity index (χ3n) is 5.55. The lowest BCUT2D eigenvalue weighted by Crippen LogP contribution is -2.36. The highest BCUT2D eigenvalue weighted by atomic mass is 79.9. The van der Waals surface area contributed by atoms with E-state index in [2.05, 4.69) is 35.1 Å². The monoisotopic (exact) mass is 448 g/mol. The lowest BCUT2D eigenvalue weighted by molar-refractivity contribution is -0.118. The number of allylic oxidation sites excluding steroid dienone is 2. The number of hydrogen-bond acceptors (Lipinski definition) is 4. The first-order valence-corrected chi connectivity index (χ1v) is 10.5. The Labute approximate surface area is 178 Å². The number of fused-ring (bicyclic) bond motifs is 1. The van der Waals surface area contributed by atoms with E-state index in [1.165, 1.54) is 0 Å². The van der Waals surface area contributed by atoms with E-state index < -0.39 is 0 Å². The zero-order valence-electron chi connectivity index (χ0n) is 16.3. The predicted octanol–water partition coefficient (Wildman–Crippen LogP) is 5.37. The number of nitrogens with zero attached hydrogens (tertiary/aromatic N) is 3. The van der Waals surface area contributed by atoms with Crippen LogP contribution >= 0.6 is 15.9 Å². The topological polar surface area (TPSA) is 59.8 Å². The average molecular weight is 449 g/mol. The fourth-order valence-electron chi connectivity index (χ4n) is 4.27. The van der Waals surface area contributed by atoms with Crippen LogP contribution in [-0.4, -0.2) is 20.5 Å². The van der Waals surface area contributed by atoms with Gasteiger partial charge in [0.25, 0.3) is 0 Å². The van der Waals surface area contributed by atoms with Crippen LogP contribution in [0.3, 0.4) is 0 Å². The van der Waals surface area contributed by atoms with Gasteiger partial charge in [-0.2, -0.15) is 4.98 Å². The summed E-state index contributed by atoms with van der Waals surface area (Å²) in [5, 5.41) is 8.23.